The molecule has 0 unspecified atom stereocenters. The van der Waals surface area contributed by atoms with E-state index in [-0.39, 0.29) is 0 Å². The van der Waals surface area contributed by atoms with Gasteiger partial charge < -0.3 is 8.98 Å². The number of rotatable bonds is 2. The first kappa shape index (κ1) is 23.0. The largest absolute Gasteiger partial charge is 0.456 e. The molecule has 0 bridgehead atoms. The molecule has 1 aliphatic carbocycles. The molecule has 43 heavy (non-hydrogen) atoms. The van der Waals surface area contributed by atoms with Crippen molar-refractivity contribution in [2.45, 2.75) is 6.42 Å². The first-order valence-electron chi connectivity index (χ1n) is 14.9. The van der Waals surface area contributed by atoms with Crippen LogP contribution >= 0.6 is 0 Å². The number of hydrogen-bond acceptors (Lipinski definition) is 1. The van der Waals surface area contributed by atoms with Gasteiger partial charge in [0.2, 0.25) is 0 Å². The molecule has 9 aromatic rings. The van der Waals surface area contributed by atoms with Crippen LogP contribution in [0.25, 0.3) is 82.5 Å². The maximum Gasteiger partial charge on any atom is 0.136 e. The highest BCUT2D eigenvalue weighted by molar-refractivity contribution is 6.19. The van der Waals surface area contributed by atoms with Crippen molar-refractivity contribution >= 4 is 54.5 Å². The van der Waals surface area contributed by atoms with E-state index in [1.165, 1.54) is 82.4 Å². The minimum Gasteiger partial charge on any atom is -0.456 e. The topological polar surface area (TPSA) is 18.1 Å². The second-order valence-corrected chi connectivity index (χ2v) is 11.7. The van der Waals surface area contributed by atoms with Gasteiger partial charge in [-0.15, -0.1) is 0 Å². The van der Waals surface area contributed by atoms with Crippen LogP contribution in [0.15, 0.2) is 144 Å². The standard InChI is InChI=1S/C41H25NO/c1-2-8-30(9-3-1)42-37-12-6-4-10-32(37)33-18-15-26(24-38(33)42)25-14-17-31-28(20-25)21-29-23-36-27(22-35(29)31)16-19-40-41(36)34-11-5-7-13-39(34)43-40/h1-20,22-24H,21H2. The Bertz CT molecular complexity index is 2580. The molecule has 0 saturated carbocycles. The minimum absolute atomic E-state index is 0.938. The molecule has 7 aromatic carbocycles. The smallest absolute Gasteiger partial charge is 0.136 e. The zero-order chi connectivity index (χ0) is 28.1. The van der Waals surface area contributed by atoms with Gasteiger partial charge >= 0.3 is 0 Å². The van der Waals surface area contributed by atoms with Gasteiger partial charge in [-0.2, -0.15) is 0 Å². The number of furan rings is 1. The third kappa shape index (κ3) is 3.23. The molecule has 0 spiro atoms. The third-order valence-corrected chi connectivity index (χ3v) is 9.38. The van der Waals surface area contributed by atoms with Gasteiger partial charge in [0.05, 0.1) is 11.0 Å². The Morgan fingerprint density at radius 3 is 2.14 bits per heavy atom. The second kappa shape index (κ2) is 8.47. The van der Waals surface area contributed by atoms with Crippen LogP contribution in [0.4, 0.5) is 0 Å². The predicted octanol–water partition coefficient (Wildman–Crippen LogP) is 11.1. The zero-order valence-electron chi connectivity index (χ0n) is 23.3. The molecule has 200 valence electrons. The van der Waals surface area contributed by atoms with Crippen LogP contribution in [0.1, 0.15) is 11.1 Å². The highest BCUT2D eigenvalue weighted by Gasteiger charge is 2.22. The molecule has 2 heteroatoms. The fourth-order valence-corrected chi connectivity index (χ4v) is 7.43. The van der Waals surface area contributed by atoms with Gasteiger partial charge in [0.25, 0.3) is 0 Å². The van der Waals surface area contributed by atoms with Crippen molar-refractivity contribution in [3.05, 3.63) is 151 Å². The molecule has 0 radical (unpaired) electrons. The van der Waals surface area contributed by atoms with Crippen LogP contribution in [-0.4, -0.2) is 4.57 Å². The summed E-state index contributed by atoms with van der Waals surface area (Å²) in [6, 6.07) is 50.8. The summed E-state index contributed by atoms with van der Waals surface area (Å²) in [6.45, 7) is 0. The summed E-state index contributed by atoms with van der Waals surface area (Å²) >= 11 is 0. The molecule has 0 saturated heterocycles. The number of fused-ring (bicyclic) bond motifs is 11. The van der Waals surface area contributed by atoms with Crippen molar-refractivity contribution in [2.75, 3.05) is 0 Å². The van der Waals surface area contributed by atoms with Gasteiger partial charge in [-0.25, -0.2) is 0 Å². The van der Waals surface area contributed by atoms with E-state index in [0.29, 0.717) is 0 Å². The van der Waals surface area contributed by atoms with Gasteiger partial charge in [-0.1, -0.05) is 91.0 Å². The molecule has 0 atom stereocenters. The van der Waals surface area contributed by atoms with Crippen molar-refractivity contribution in [3.63, 3.8) is 0 Å². The van der Waals surface area contributed by atoms with E-state index in [2.05, 4.69) is 138 Å². The van der Waals surface area contributed by atoms with Crippen molar-refractivity contribution < 1.29 is 4.42 Å². The molecule has 2 aromatic heterocycles. The number of benzene rings is 7. The molecule has 2 heterocycles. The minimum atomic E-state index is 0.938. The van der Waals surface area contributed by atoms with E-state index < -0.39 is 0 Å². The first-order chi connectivity index (χ1) is 21.3. The van der Waals surface area contributed by atoms with E-state index in [9.17, 15) is 0 Å². The summed E-state index contributed by atoms with van der Waals surface area (Å²) in [5.41, 5.74) is 13.5. The molecule has 0 N–H and O–H groups in total. The highest BCUT2D eigenvalue weighted by atomic mass is 16.3. The van der Waals surface area contributed by atoms with Crippen LogP contribution in [0, 0.1) is 0 Å². The second-order valence-electron chi connectivity index (χ2n) is 11.7. The van der Waals surface area contributed by atoms with Gasteiger partial charge in [0.1, 0.15) is 11.2 Å². The lowest BCUT2D eigenvalue weighted by Crippen LogP contribution is -1.93. The average Bonchev–Trinajstić information content (AvgIpc) is 3.72. The van der Waals surface area contributed by atoms with Gasteiger partial charge in [0.15, 0.2) is 0 Å². The quantitative estimate of drug-likeness (QED) is 0.210. The number of hydrogen-bond donors (Lipinski definition) is 0. The molecule has 1 aliphatic rings. The van der Waals surface area contributed by atoms with Gasteiger partial charge in [-0.3, -0.25) is 0 Å². The van der Waals surface area contributed by atoms with Gasteiger partial charge in [-0.05, 0) is 99.1 Å². The Morgan fingerprint density at radius 1 is 0.465 bits per heavy atom. The van der Waals surface area contributed by atoms with Crippen molar-refractivity contribution in [1.29, 1.82) is 0 Å². The molecular formula is C41H25NO. The first-order valence-corrected chi connectivity index (χ1v) is 14.9. The lowest BCUT2D eigenvalue weighted by molar-refractivity contribution is 0.669. The fourth-order valence-electron chi connectivity index (χ4n) is 7.43. The Balaban J connectivity index is 1.12. The van der Waals surface area contributed by atoms with E-state index in [1.54, 1.807) is 0 Å². The maximum atomic E-state index is 6.19. The molecule has 0 fully saturated rings. The summed E-state index contributed by atoms with van der Waals surface area (Å²) < 4.78 is 8.58. The Labute approximate surface area is 248 Å². The molecular weight excluding hydrogens is 522 g/mol. The SMILES string of the molecule is c1ccc(-n2c3ccccc3c3ccc(-c4ccc5c(c4)Cc4cc6c(ccc7oc8ccccc8c76)cc4-5)cc32)cc1. The van der Waals surface area contributed by atoms with E-state index in [1.807, 2.05) is 6.07 Å². The van der Waals surface area contributed by atoms with E-state index in [0.717, 1.165) is 17.6 Å². The Kier molecular flexibility index (Phi) is 4.53. The lowest BCUT2D eigenvalue weighted by atomic mass is 9.96. The van der Waals surface area contributed by atoms with E-state index >= 15 is 0 Å². The molecule has 0 amide bonds. The Morgan fingerprint density at radius 2 is 1.21 bits per heavy atom. The summed E-state index contributed by atoms with van der Waals surface area (Å²) in [6.07, 6.45) is 0.938. The lowest BCUT2D eigenvalue weighted by Gasteiger charge is -2.10. The summed E-state index contributed by atoms with van der Waals surface area (Å²) in [5.74, 6) is 0. The Hall–Kier alpha value is -5.60. The predicted molar refractivity (Wildman–Crippen MR) is 179 cm³/mol. The highest BCUT2D eigenvalue weighted by Crippen LogP contribution is 2.44. The van der Waals surface area contributed by atoms with Crippen LogP contribution in [-0.2, 0) is 6.42 Å². The normalized spacial score (nSPS) is 12.6. The monoisotopic (exact) mass is 547 g/mol. The van der Waals surface area contributed by atoms with Crippen LogP contribution < -0.4 is 0 Å². The summed E-state index contributed by atoms with van der Waals surface area (Å²) in [7, 11) is 0. The zero-order valence-corrected chi connectivity index (χ0v) is 23.3. The average molecular weight is 548 g/mol. The van der Waals surface area contributed by atoms with Gasteiger partial charge in [0, 0.05) is 27.2 Å². The molecule has 2 nitrogen and oxygen atoms in total. The number of aromatic nitrogens is 1. The summed E-state index contributed by atoms with van der Waals surface area (Å²) in [4.78, 5) is 0. The van der Waals surface area contributed by atoms with Crippen molar-refractivity contribution in [2.24, 2.45) is 0 Å². The molecule has 10 rings (SSSR count). The van der Waals surface area contributed by atoms with Crippen LogP contribution in [0.3, 0.4) is 0 Å². The number of nitrogens with zero attached hydrogens (tertiary/aromatic N) is 1. The van der Waals surface area contributed by atoms with Crippen LogP contribution in [0.5, 0.6) is 0 Å². The third-order valence-electron chi connectivity index (χ3n) is 9.38. The maximum absolute atomic E-state index is 6.19. The fraction of sp³-hybridized carbons (Fsp3) is 0.0244. The summed E-state index contributed by atoms with van der Waals surface area (Å²) in [5, 5.41) is 7.49. The molecule has 0 aliphatic heterocycles. The number of para-hydroxylation sites is 3. The van der Waals surface area contributed by atoms with Crippen LogP contribution in [0.2, 0.25) is 0 Å². The van der Waals surface area contributed by atoms with Crippen molar-refractivity contribution in [3.8, 4) is 27.9 Å². The van der Waals surface area contributed by atoms with E-state index in [4.69, 9.17) is 4.42 Å². The van der Waals surface area contributed by atoms with Crippen molar-refractivity contribution in [1.82, 2.24) is 4.57 Å².